The molecule has 0 saturated carbocycles. The van der Waals surface area contributed by atoms with E-state index in [9.17, 15) is 31.5 Å². The lowest BCUT2D eigenvalue weighted by Crippen LogP contribution is -2.33. The van der Waals surface area contributed by atoms with Crippen molar-refractivity contribution in [2.24, 2.45) is 0 Å². The van der Waals surface area contributed by atoms with E-state index >= 15 is 0 Å². The van der Waals surface area contributed by atoms with Crippen LogP contribution >= 0.6 is 0 Å². The van der Waals surface area contributed by atoms with Crippen LogP contribution in [0.25, 0.3) is 11.1 Å². The number of aromatic nitrogens is 3. The lowest BCUT2D eigenvalue weighted by atomic mass is 10.0. The SMILES string of the molecule is CCCCc1nc(O)c(S(=O)(=O)c2ccc(-c3ccc(F)nc3C)cc2)c(=O)n1[C@@H](CC)c1cc(F)cc(F)c1. The Morgan fingerprint density at radius 2 is 1.60 bits per heavy atom. The summed E-state index contributed by atoms with van der Waals surface area (Å²) < 4.78 is 70.1. The summed E-state index contributed by atoms with van der Waals surface area (Å²) in [5.74, 6) is -3.18. The van der Waals surface area contributed by atoms with Gasteiger partial charge in [0.1, 0.15) is 17.5 Å². The number of aromatic hydroxyl groups is 1. The number of pyridine rings is 1. The summed E-state index contributed by atoms with van der Waals surface area (Å²) in [6, 6.07) is 10.1. The predicted octanol–water partition coefficient (Wildman–Crippen LogP) is 5.91. The summed E-state index contributed by atoms with van der Waals surface area (Å²) in [5.41, 5.74) is 0.645. The van der Waals surface area contributed by atoms with E-state index in [-0.39, 0.29) is 29.1 Å². The first kappa shape index (κ1) is 29.0. The van der Waals surface area contributed by atoms with Gasteiger partial charge in [-0.2, -0.15) is 9.37 Å². The average Bonchev–Trinajstić information content (AvgIpc) is 2.88. The fourth-order valence-electron chi connectivity index (χ4n) is 4.72. The van der Waals surface area contributed by atoms with Gasteiger partial charge >= 0.3 is 0 Å². The van der Waals surface area contributed by atoms with Crippen molar-refractivity contribution >= 4 is 9.84 Å². The van der Waals surface area contributed by atoms with Crippen molar-refractivity contribution in [2.45, 2.75) is 62.3 Å². The maximum Gasteiger partial charge on any atom is 0.277 e. The molecule has 1 atom stereocenters. The Balaban J connectivity index is 1.87. The third kappa shape index (κ3) is 5.65. The number of halogens is 3. The van der Waals surface area contributed by atoms with E-state index in [0.29, 0.717) is 29.3 Å². The molecule has 0 fully saturated rings. The molecule has 0 spiro atoms. The molecule has 0 amide bonds. The molecule has 4 rings (SSSR count). The Hall–Kier alpha value is -3.99. The Morgan fingerprint density at radius 1 is 0.950 bits per heavy atom. The van der Waals surface area contributed by atoms with E-state index in [1.165, 1.54) is 36.4 Å². The summed E-state index contributed by atoms with van der Waals surface area (Å²) in [7, 11) is -4.59. The normalized spacial score (nSPS) is 12.4. The van der Waals surface area contributed by atoms with Crippen LogP contribution in [0.5, 0.6) is 5.88 Å². The minimum atomic E-state index is -4.59. The molecule has 0 bridgehead atoms. The zero-order chi connectivity index (χ0) is 29.2. The molecule has 0 aliphatic carbocycles. The van der Waals surface area contributed by atoms with Crippen molar-refractivity contribution in [1.29, 1.82) is 0 Å². The number of hydrogen-bond acceptors (Lipinski definition) is 6. The molecule has 0 radical (unpaired) electrons. The first-order valence-corrected chi connectivity index (χ1v) is 14.2. The van der Waals surface area contributed by atoms with Crippen LogP contribution in [0.2, 0.25) is 0 Å². The maximum atomic E-state index is 14.1. The monoisotopic (exact) mass is 571 g/mol. The Kier molecular flexibility index (Phi) is 8.43. The van der Waals surface area contributed by atoms with Crippen molar-refractivity contribution in [3.63, 3.8) is 0 Å². The van der Waals surface area contributed by atoms with Crippen LogP contribution in [0, 0.1) is 24.5 Å². The molecule has 4 aromatic rings. The molecular formula is C29H28F3N3O4S. The van der Waals surface area contributed by atoms with Crippen LogP contribution in [0.15, 0.2) is 69.2 Å². The first-order valence-electron chi connectivity index (χ1n) is 12.8. The van der Waals surface area contributed by atoms with E-state index in [2.05, 4.69) is 9.97 Å². The van der Waals surface area contributed by atoms with Gasteiger partial charge in [-0.15, -0.1) is 0 Å². The minimum absolute atomic E-state index is 0.106. The third-order valence-corrected chi connectivity index (χ3v) is 8.43. The van der Waals surface area contributed by atoms with Gasteiger partial charge in [-0.25, -0.2) is 22.2 Å². The molecule has 1 N–H and O–H groups in total. The predicted molar refractivity (Wildman–Crippen MR) is 143 cm³/mol. The molecule has 11 heteroatoms. The van der Waals surface area contributed by atoms with Crippen LogP contribution in [0.4, 0.5) is 13.2 Å². The smallest absolute Gasteiger partial charge is 0.277 e. The van der Waals surface area contributed by atoms with Crippen molar-refractivity contribution in [3.05, 3.63) is 99.6 Å². The number of benzene rings is 2. The highest BCUT2D eigenvalue weighted by atomic mass is 32.2. The van der Waals surface area contributed by atoms with E-state index in [1.807, 2.05) is 6.92 Å². The van der Waals surface area contributed by atoms with Gasteiger partial charge in [-0.3, -0.25) is 9.36 Å². The highest BCUT2D eigenvalue weighted by Crippen LogP contribution is 2.31. The van der Waals surface area contributed by atoms with Crippen molar-refractivity contribution < 1.29 is 26.7 Å². The lowest BCUT2D eigenvalue weighted by Gasteiger charge is -2.23. The number of sulfone groups is 1. The second kappa shape index (κ2) is 11.6. The maximum absolute atomic E-state index is 14.1. The minimum Gasteiger partial charge on any atom is -0.492 e. The third-order valence-electron chi connectivity index (χ3n) is 6.65. The average molecular weight is 572 g/mol. The zero-order valence-electron chi connectivity index (χ0n) is 22.2. The van der Waals surface area contributed by atoms with E-state index in [4.69, 9.17) is 0 Å². The molecule has 0 saturated heterocycles. The number of rotatable bonds is 9. The molecule has 0 aliphatic heterocycles. The highest BCUT2D eigenvalue weighted by Gasteiger charge is 2.32. The van der Waals surface area contributed by atoms with Gasteiger partial charge in [0.2, 0.25) is 21.7 Å². The van der Waals surface area contributed by atoms with Crippen molar-refractivity contribution in [2.75, 3.05) is 0 Å². The van der Waals surface area contributed by atoms with Crippen LogP contribution in [-0.2, 0) is 16.3 Å². The fourth-order valence-corrected chi connectivity index (χ4v) is 6.06. The Morgan fingerprint density at radius 3 is 2.17 bits per heavy atom. The van der Waals surface area contributed by atoms with Gasteiger partial charge in [0, 0.05) is 23.7 Å². The summed E-state index contributed by atoms with van der Waals surface area (Å²) in [5, 5.41) is 10.7. The highest BCUT2D eigenvalue weighted by molar-refractivity contribution is 7.91. The van der Waals surface area contributed by atoms with Crippen molar-refractivity contribution in [3.8, 4) is 17.0 Å². The van der Waals surface area contributed by atoms with Gasteiger partial charge < -0.3 is 5.11 Å². The molecule has 2 aromatic heterocycles. The molecule has 40 heavy (non-hydrogen) atoms. The topological polar surface area (TPSA) is 102 Å². The largest absolute Gasteiger partial charge is 0.492 e. The molecule has 7 nitrogen and oxygen atoms in total. The number of nitrogens with zero attached hydrogens (tertiary/aromatic N) is 3. The number of aryl methyl sites for hydroxylation is 2. The van der Waals surface area contributed by atoms with Crippen molar-refractivity contribution in [1.82, 2.24) is 14.5 Å². The van der Waals surface area contributed by atoms with Crippen LogP contribution < -0.4 is 5.56 Å². The van der Waals surface area contributed by atoms with E-state index in [1.54, 1.807) is 13.8 Å². The zero-order valence-corrected chi connectivity index (χ0v) is 23.0. The van der Waals surface area contributed by atoms with Gasteiger partial charge in [-0.1, -0.05) is 32.4 Å². The fraction of sp³-hybridized carbons (Fsp3) is 0.276. The number of hydrogen-bond donors (Lipinski definition) is 1. The van der Waals surface area contributed by atoms with Crippen LogP contribution in [0.1, 0.15) is 56.2 Å². The standard InChI is InChI=1S/C29H28F3N3O4S/c1-4-6-7-26-34-28(36)27(29(37)35(26)24(5-2)19-14-20(30)16-21(31)15-19)40(38,39)22-10-8-18(9-11-22)23-12-13-25(32)33-17(23)3/h8-16,24,36H,4-7H2,1-3H3/t24-/m0/s1. The quantitative estimate of drug-likeness (QED) is 0.251. The lowest BCUT2D eigenvalue weighted by molar-refractivity contribution is 0.406. The van der Waals surface area contributed by atoms with Gasteiger partial charge in [0.05, 0.1) is 10.9 Å². The van der Waals surface area contributed by atoms with Crippen LogP contribution in [0.3, 0.4) is 0 Å². The summed E-state index contributed by atoms with van der Waals surface area (Å²) in [6.45, 7) is 5.22. The summed E-state index contributed by atoms with van der Waals surface area (Å²) in [6.07, 6.45) is 1.71. The molecule has 0 unspecified atom stereocenters. The first-order chi connectivity index (χ1) is 19.0. The Labute approximate surface area is 229 Å². The van der Waals surface area contributed by atoms with Gasteiger partial charge in [0.15, 0.2) is 4.90 Å². The molecule has 2 aromatic carbocycles. The van der Waals surface area contributed by atoms with E-state index in [0.717, 1.165) is 23.1 Å². The molecular weight excluding hydrogens is 543 g/mol. The second-order valence-electron chi connectivity index (χ2n) is 9.38. The Bertz CT molecular complexity index is 1700. The molecule has 0 aliphatic rings. The van der Waals surface area contributed by atoms with Gasteiger partial charge in [0.25, 0.3) is 5.56 Å². The second-order valence-corrected chi connectivity index (χ2v) is 11.3. The molecule has 2 heterocycles. The number of unbranched alkanes of at least 4 members (excludes halogenated alkanes) is 1. The summed E-state index contributed by atoms with van der Waals surface area (Å²) in [4.78, 5) is 20.5. The summed E-state index contributed by atoms with van der Waals surface area (Å²) >= 11 is 0. The van der Waals surface area contributed by atoms with Crippen LogP contribution in [-0.4, -0.2) is 28.1 Å². The molecule has 210 valence electrons. The van der Waals surface area contributed by atoms with Gasteiger partial charge in [-0.05, 0) is 67.3 Å². The van der Waals surface area contributed by atoms with E-state index < -0.39 is 49.8 Å².